The SMILES string of the molecule is CC1CC(C(=O)N(CCC#N)Cc2ccco2)CCN1. The fourth-order valence-electron chi connectivity index (χ4n) is 2.66. The van der Waals surface area contributed by atoms with E-state index in [4.69, 9.17) is 9.68 Å². The van der Waals surface area contributed by atoms with Crippen LogP contribution >= 0.6 is 0 Å². The Morgan fingerprint density at radius 3 is 3.15 bits per heavy atom. The zero-order valence-corrected chi connectivity index (χ0v) is 11.8. The highest BCUT2D eigenvalue weighted by Gasteiger charge is 2.28. The maximum atomic E-state index is 12.6. The van der Waals surface area contributed by atoms with Crippen molar-refractivity contribution in [3.63, 3.8) is 0 Å². The Bertz CT molecular complexity index is 464. The quantitative estimate of drug-likeness (QED) is 0.891. The smallest absolute Gasteiger partial charge is 0.226 e. The predicted octanol–water partition coefficient (Wildman–Crippen LogP) is 1.91. The van der Waals surface area contributed by atoms with Gasteiger partial charge in [-0.05, 0) is 38.4 Å². The maximum Gasteiger partial charge on any atom is 0.226 e. The van der Waals surface area contributed by atoms with Gasteiger partial charge >= 0.3 is 0 Å². The van der Waals surface area contributed by atoms with Gasteiger partial charge in [-0.2, -0.15) is 5.26 Å². The molecule has 1 N–H and O–H groups in total. The molecular formula is C15H21N3O2. The molecule has 1 aromatic heterocycles. The van der Waals surface area contributed by atoms with E-state index in [9.17, 15) is 4.79 Å². The lowest BCUT2D eigenvalue weighted by Crippen LogP contribution is -2.44. The molecule has 5 heteroatoms. The topological polar surface area (TPSA) is 69.3 Å². The first-order valence-corrected chi connectivity index (χ1v) is 7.12. The first kappa shape index (κ1) is 14.6. The number of nitrogens with one attached hydrogen (secondary N) is 1. The molecule has 1 aliphatic heterocycles. The van der Waals surface area contributed by atoms with Crippen LogP contribution in [0.5, 0.6) is 0 Å². The predicted molar refractivity (Wildman–Crippen MR) is 74.5 cm³/mol. The molecule has 0 radical (unpaired) electrons. The van der Waals surface area contributed by atoms with Gasteiger partial charge in [0.1, 0.15) is 5.76 Å². The second kappa shape index (κ2) is 7.11. The molecule has 0 spiro atoms. The highest BCUT2D eigenvalue weighted by Crippen LogP contribution is 2.20. The van der Waals surface area contributed by atoms with Crippen LogP contribution in [0.25, 0.3) is 0 Å². The van der Waals surface area contributed by atoms with Crippen LogP contribution in [0.3, 0.4) is 0 Å². The summed E-state index contributed by atoms with van der Waals surface area (Å²) in [6.45, 7) is 3.90. The summed E-state index contributed by atoms with van der Waals surface area (Å²) in [5.41, 5.74) is 0. The summed E-state index contributed by atoms with van der Waals surface area (Å²) in [5.74, 6) is 0.961. The lowest BCUT2D eigenvalue weighted by molar-refractivity contribution is -0.137. The minimum Gasteiger partial charge on any atom is -0.467 e. The van der Waals surface area contributed by atoms with E-state index in [1.807, 2.05) is 12.1 Å². The van der Waals surface area contributed by atoms with E-state index in [0.717, 1.165) is 25.1 Å². The Kier molecular flexibility index (Phi) is 5.19. The molecule has 20 heavy (non-hydrogen) atoms. The molecule has 0 aromatic carbocycles. The third kappa shape index (κ3) is 3.84. The summed E-state index contributed by atoms with van der Waals surface area (Å²) in [4.78, 5) is 14.4. The number of carbonyl (C=O) groups excluding carboxylic acids is 1. The van der Waals surface area contributed by atoms with E-state index < -0.39 is 0 Å². The Morgan fingerprint density at radius 1 is 1.65 bits per heavy atom. The van der Waals surface area contributed by atoms with Gasteiger partial charge in [-0.25, -0.2) is 0 Å². The molecule has 1 saturated heterocycles. The molecule has 1 aromatic rings. The van der Waals surface area contributed by atoms with E-state index in [-0.39, 0.29) is 11.8 Å². The number of amides is 1. The van der Waals surface area contributed by atoms with Crippen LogP contribution in [-0.2, 0) is 11.3 Å². The normalized spacial score (nSPS) is 22.2. The molecule has 0 saturated carbocycles. The highest BCUT2D eigenvalue weighted by molar-refractivity contribution is 5.79. The van der Waals surface area contributed by atoms with Gasteiger partial charge in [-0.3, -0.25) is 4.79 Å². The van der Waals surface area contributed by atoms with E-state index in [1.54, 1.807) is 11.2 Å². The second-order valence-corrected chi connectivity index (χ2v) is 5.32. The van der Waals surface area contributed by atoms with Crippen LogP contribution in [-0.4, -0.2) is 29.9 Å². The van der Waals surface area contributed by atoms with Gasteiger partial charge in [0.05, 0.1) is 25.3 Å². The highest BCUT2D eigenvalue weighted by atomic mass is 16.3. The largest absolute Gasteiger partial charge is 0.467 e. The first-order chi connectivity index (χ1) is 9.70. The molecule has 2 heterocycles. The van der Waals surface area contributed by atoms with E-state index in [0.29, 0.717) is 25.6 Å². The van der Waals surface area contributed by atoms with Crippen molar-refractivity contribution in [2.75, 3.05) is 13.1 Å². The van der Waals surface area contributed by atoms with Gasteiger partial charge in [-0.1, -0.05) is 0 Å². The average Bonchev–Trinajstić information content (AvgIpc) is 2.95. The Hall–Kier alpha value is -1.80. The molecule has 0 bridgehead atoms. The van der Waals surface area contributed by atoms with Crippen LogP contribution in [0.4, 0.5) is 0 Å². The van der Waals surface area contributed by atoms with Crippen molar-refractivity contribution in [1.82, 2.24) is 10.2 Å². The number of piperidine rings is 1. The average molecular weight is 275 g/mol. The maximum absolute atomic E-state index is 12.6. The standard InChI is InChI=1S/C15H21N3O2/c1-12-10-13(5-7-17-12)15(19)18(8-3-6-16)11-14-4-2-9-20-14/h2,4,9,12-13,17H,3,5,7-8,10-11H2,1H3. The van der Waals surface area contributed by atoms with Gasteiger partial charge in [-0.15, -0.1) is 0 Å². The van der Waals surface area contributed by atoms with E-state index in [1.165, 1.54) is 0 Å². The molecule has 108 valence electrons. The van der Waals surface area contributed by atoms with Crippen molar-refractivity contribution < 1.29 is 9.21 Å². The third-order valence-electron chi connectivity index (χ3n) is 3.70. The van der Waals surface area contributed by atoms with E-state index >= 15 is 0 Å². The van der Waals surface area contributed by atoms with Crippen molar-refractivity contribution in [2.24, 2.45) is 5.92 Å². The number of nitriles is 1. The van der Waals surface area contributed by atoms with Crippen molar-refractivity contribution >= 4 is 5.91 Å². The Labute approximate surface area is 119 Å². The number of hydrogen-bond acceptors (Lipinski definition) is 4. The number of rotatable bonds is 5. The van der Waals surface area contributed by atoms with Crippen LogP contribution < -0.4 is 5.32 Å². The van der Waals surface area contributed by atoms with Crippen LogP contribution in [0, 0.1) is 17.2 Å². The second-order valence-electron chi connectivity index (χ2n) is 5.32. The minimum atomic E-state index is 0.0555. The van der Waals surface area contributed by atoms with Crippen molar-refractivity contribution in [3.8, 4) is 6.07 Å². The molecule has 1 amide bonds. The molecule has 1 fully saturated rings. The van der Waals surface area contributed by atoms with Crippen LogP contribution in [0.2, 0.25) is 0 Å². The summed E-state index contributed by atoms with van der Waals surface area (Å²) in [5, 5.41) is 12.1. The van der Waals surface area contributed by atoms with Crippen molar-refractivity contribution in [3.05, 3.63) is 24.2 Å². The zero-order valence-electron chi connectivity index (χ0n) is 11.8. The molecule has 2 unspecified atom stereocenters. The van der Waals surface area contributed by atoms with Gasteiger partial charge in [0.2, 0.25) is 5.91 Å². The zero-order chi connectivity index (χ0) is 14.4. The molecule has 2 rings (SSSR count). The summed E-state index contributed by atoms with van der Waals surface area (Å²) >= 11 is 0. The summed E-state index contributed by atoms with van der Waals surface area (Å²) in [7, 11) is 0. The fraction of sp³-hybridized carbons (Fsp3) is 0.600. The molecule has 0 aliphatic carbocycles. The van der Waals surface area contributed by atoms with Gasteiger partial charge in [0.15, 0.2) is 0 Å². The van der Waals surface area contributed by atoms with Gasteiger partial charge < -0.3 is 14.6 Å². The van der Waals surface area contributed by atoms with Gasteiger partial charge in [0.25, 0.3) is 0 Å². The summed E-state index contributed by atoms with van der Waals surface area (Å²) < 4.78 is 5.31. The molecule has 5 nitrogen and oxygen atoms in total. The van der Waals surface area contributed by atoms with Gasteiger partial charge in [0, 0.05) is 18.5 Å². The van der Waals surface area contributed by atoms with Crippen LogP contribution in [0.15, 0.2) is 22.8 Å². The molecular weight excluding hydrogens is 254 g/mol. The lowest BCUT2D eigenvalue weighted by atomic mass is 9.92. The minimum absolute atomic E-state index is 0.0555. The number of hydrogen-bond donors (Lipinski definition) is 1. The van der Waals surface area contributed by atoms with Crippen molar-refractivity contribution in [2.45, 2.75) is 38.8 Å². The van der Waals surface area contributed by atoms with E-state index in [2.05, 4.69) is 18.3 Å². The summed E-state index contributed by atoms with van der Waals surface area (Å²) in [6, 6.07) is 6.15. The lowest BCUT2D eigenvalue weighted by Gasteiger charge is -2.31. The van der Waals surface area contributed by atoms with Crippen molar-refractivity contribution in [1.29, 1.82) is 5.26 Å². The Morgan fingerprint density at radius 2 is 2.50 bits per heavy atom. The fourth-order valence-corrected chi connectivity index (χ4v) is 2.66. The monoisotopic (exact) mass is 275 g/mol. The molecule has 1 aliphatic rings. The third-order valence-corrected chi connectivity index (χ3v) is 3.70. The number of furan rings is 1. The Balaban J connectivity index is 2.01. The molecule has 2 atom stereocenters. The number of carbonyl (C=O) groups is 1. The van der Waals surface area contributed by atoms with Crippen LogP contribution in [0.1, 0.15) is 31.9 Å². The summed E-state index contributed by atoms with van der Waals surface area (Å²) in [6.07, 6.45) is 3.69. The first-order valence-electron chi connectivity index (χ1n) is 7.12. The number of nitrogens with zero attached hydrogens (tertiary/aromatic N) is 2.